The van der Waals surface area contributed by atoms with E-state index in [9.17, 15) is 4.79 Å². The molecule has 1 aromatic heterocycles. The second kappa shape index (κ2) is 11.0. The molecule has 9 heteroatoms. The van der Waals surface area contributed by atoms with E-state index in [1.807, 2.05) is 0 Å². The number of hydrogen-bond acceptors (Lipinski definition) is 7. The lowest BCUT2D eigenvalue weighted by atomic mass is 10.0. The Balaban J connectivity index is 2.70. The highest BCUT2D eigenvalue weighted by molar-refractivity contribution is 8.13. The van der Waals surface area contributed by atoms with Crippen LogP contribution >= 0.6 is 11.8 Å². The number of hydrogen-bond donors (Lipinski definition) is 0. The molecule has 130 valence electrons. The summed E-state index contributed by atoms with van der Waals surface area (Å²) < 4.78 is 12.1. The maximum absolute atomic E-state index is 11.6. The molecule has 23 heavy (non-hydrogen) atoms. The molecule has 1 amide bonds. The summed E-state index contributed by atoms with van der Waals surface area (Å²) >= 11 is 1.11. The molecule has 0 radical (unpaired) electrons. The van der Waals surface area contributed by atoms with Crippen LogP contribution in [0.4, 0.5) is 4.79 Å². The predicted octanol–water partition coefficient (Wildman–Crippen LogP) is 3.05. The molecule has 0 saturated carbocycles. The van der Waals surface area contributed by atoms with E-state index in [2.05, 4.69) is 34.4 Å². The molecule has 0 aliphatic heterocycles. The quantitative estimate of drug-likeness (QED) is 0.407. The summed E-state index contributed by atoms with van der Waals surface area (Å²) in [7, 11) is 1.71. The van der Waals surface area contributed by atoms with Crippen LogP contribution in [-0.2, 0) is 16.5 Å². The average molecular weight is 343 g/mol. The molecule has 1 unspecified atom stereocenters. The molecule has 0 fully saturated rings. The third-order valence-corrected chi connectivity index (χ3v) is 4.11. The molecule has 0 bridgehead atoms. The Morgan fingerprint density at radius 3 is 2.70 bits per heavy atom. The average Bonchev–Trinajstić information content (AvgIpc) is 2.92. The molecule has 8 nitrogen and oxygen atoms in total. The number of amides is 1. The first-order chi connectivity index (χ1) is 11.1. The molecular weight excluding hydrogens is 318 g/mol. The molecule has 1 rings (SSSR count). The lowest BCUT2D eigenvalue weighted by Gasteiger charge is -2.15. The van der Waals surface area contributed by atoms with Gasteiger partial charge >= 0.3 is 6.09 Å². The van der Waals surface area contributed by atoms with Crippen molar-refractivity contribution in [2.45, 2.75) is 51.6 Å². The van der Waals surface area contributed by atoms with Crippen LogP contribution in [0.1, 0.15) is 46.5 Å². The minimum Gasteiger partial charge on any atom is -0.472 e. The number of carbonyl (C=O) groups excluding carboxylic acids is 1. The van der Waals surface area contributed by atoms with E-state index in [0.29, 0.717) is 17.7 Å². The van der Waals surface area contributed by atoms with Crippen LogP contribution in [0, 0.1) is 5.92 Å². The molecular formula is C14H25N5O3S. The van der Waals surface area contributed by atoms with Crippen molar-refractivity contribution in [1.29, 1.82) is 0 Å². The molecule has 0 spiro atoms. The van der Waals surface area contributed by atoms with E-state index in [-0.39, 0.29) is 11.8 Å². The fraction of sp³-hybridized carbons (Fsp3) is 0.786. The van der Waals surface area contributed by atoms with Gasteiger partial charge in [0.25, 0.3) is 5.23 Å². The van der Waals surface area contributed by atoms with Gasteiger partial charge in [0.15, 0.2) is 0 Å². The van der Waals surface area contributed by atoms with Crippen molar-refractivity contribution in [2.24, 2.45) is 18.0 Å². The molecule has 0 N–H and O–H groups in total. The first-order valence-corrected chi connectivity index (χ1v) is 8.70. The summed E-state index contributed by atoms with van der Waals surface area (Å²) in [6.45, 7) is 6.79. The molecule has 1 heterocycles. The van der Waals surface area contributed by atoms with Gasteiger partial charge in [-0.3, -0.25) is 0 Å². The van der Waals surface area contributed by atoms with E-state index < -0.39 is 6.09 Å². The zero-order valence-electron chi connectivity index (χ0n) is 14.2. The molecule has 1 aromatic rings. The maximum Gasteiger partial charge on any atom is 0.437 e. The van der Waals surface area contributed by atoms with E-state index in [0.717, 1.165) is 37.4 Å². The summed E-state index contributed by atoms with van der Waals surface area (Å²) in [5.41, 5.74) is 0. The van der Waals surface area contributed by atoms with Crippen molar-refractivity contribution in [3.8, 4) is 0 Å². The van der Waals surface area contributed by atoms with Crippen LogP contribution in [0.3, 0.4) is 0 Å². The minimum absolute atomic E-state index is 0.205. The normalized spacial score (nSPS) is 13.0. The number of aryl methyl sites for hydroxylation is 1. The standard InChI is InChI=1S/C14H25N5O3S/c1-5-8-9-11(6-2)10-22-14(15-13(20)21-7-3)23-12-16-17-18-19(12)4/h11H,5-10H2,1-4H3. The molecule has 1 atom stereocenters. The summed E-state index contributed by atoms with van der Waals surface area (Å²) in [4.78, 5) is 15.4. The van der Waals surface area contributed by atoms with Crippen LogP contribution in [0.2, 0.25) is 0 Å². The van der Waals surface area contributed by atoms with Crippen molar-refractivity contribution < 1.29 is 14.3 Å². The van der Waals surface area contributed by atoms with Gasteiger partial charge in [-0.1, -0.05) is 33.1 Å². The summed E-state index contributed by atoms with van der Waals surface area (Å²) in [6.07, 6.45) is 3.75. The Labute approximate surface area is 141 Å². The minimum atomic E-state index is -0.674. The lowest BCUT2D eigenvalue weighted by Crippen LogP contribution is -2.14. The van der Waals surface area contributed by atoms with E-state index in [4.69, 9.17) is 9.47 Å². The van der Waals surface area contributed by atoms with Gasteiger partial charge in [0.2, 0.25) is 5.16 Å². The Kier molecular flexibility index (Phi) is 9.27. The number of unbranched alkanes of at least 4 members (excludes halogenated alkanes) is 1. The summed E-state index contributed by atoms with van der Waals surface area (Å²) in [5.74, 6) is 0.431. The second-order valence-electron chi connectivity index (χ2n) is 4.99. The smallest absolute Gasteiger partial charge is 0.437 e. The SMILES string of the molecule is CCCCC(CC)COC(=NC(=O)OCC)Sc1nnnn1C. The zero-order chi connectivity index (χ0) is 17.1. The Morgan fingerprint density at radius 1 is 1.35 bits per heavy atom. The maximum atomic E-state index is 11.6. The number of aromatic nitrogens is 4. The van der Waals surface area contributed by atoms with Gasteiger partial charge in [-0.15, -0.1) is 10.1 Å². The highest BCUT2D eigenvalue weighted by Gasteiger charge is 2.15. The van der Waals surface area contributed by atoms with Crippen molar-refractivity contribution in [3.05, 3.63) is 0 Å². The number of nitrogens with zero attached hydrogens (tertiary/aromatic N) is 5. The van der Waals surface area contributed by atoms with Gasteiger partial charge in [0, 0.05) is 18.8 Å². The zero-order valence-corrected chi connectivity index (χ0v) is 15.0. The highest BCUT2D eigenvalue weighted by atomic mass is 32.2. The van der Waals surface area contributed by atoms with Crippen LogP contribution in [0.25, 0.3) is 0 Å². The van der Waals surface area contributed by atoms with E-state index in [1.54, 1.807) is 14.0 Å². The molecule has 0 aliphatic rings. The Bertz CT molecular complexity index is 506. The van der Waals surface area contributed by atoms with Crippen molar-refractivity contribution in [1.82, 2.24) is 20.2 Å². The number of carbonyl (C=O) groups is 1. The van der Waals surface area contributed by atoms with E-state index in [1.165, 1.54) is 4.68 Å². The topological polar surface area (TPSA) is 91.5 Å². The first kappa shape index (κ1) is 19.4. The van der Waals surface area contributed by atoms with Gasteiger partial charge in [-0.05, 0) is 29.7 Å². The second-order valence-corrected chi connectivity index (χ2v) is 5.91. The monoisotopic (exact) mass is 343 g/mol. The van der Waals surface area contributed by atoms with Gasteiger partial charge in [0.05, 0.1) is 13.2 Å². The molecule has 0 saturated heterocycles. The van der Waals surface area contributed by atoms with Crippen LogP contribution in [-0.4, -0.2) is 44.7 Å². The fourth-order valence-corrected chi connectivity index (χ4v) is 2.44. The van der Waals surface area contributed by atoms with Crippen LogP contribution in [0.5, 0.6) is 0 Å². The lowest BCUT2D eigenvalue weighted by molar-refractivity contribution is 0.161. The largest absolute Gasteiger partial charge is 0.472 e. The van der Waals surface area contributed by atoms with Crippen LogP contribution < -0.4 is 0 Å². The van der Waals surface area contributed by atoms with Crippen molar-refractivity contribution in [2.75, 3.05) is 13.2 Å². The van der Waals surface area contributed by atoms with Crippen LogP contribution in [0.15, 0.2) is 10.1 Å². The van der Waals surface area contributed by atoms with Gasteiger partial charge < -0.3 is 9.47 Å². The first-order valence-electron chi connectivity index (χ1n) is 7.89. The number of rotatable bonds is 8. The number of tetrazole rings is 1. The van der Waals surface area contributed by atoms with Crippen molar-refractivity contribution >= 4 is 23.1 Å². The Hall–Kier alpha value is -1.64. The molecule has 0 aliphatic carbocycles. The Morgan fingerprint density at radius 2 is 2.13 bits per heavy atom. The van der Waals surface area contributed by atoms with Gasteiger partial charge in [0.1, 0.15) is 0 Å². The van der Waals surface area contributed by atoms with Crippen molar-refractivity contribution in [3.63, 3.8) is 0 Å². The predicted molar refractivity (Wildman–Crippen MR) is 88.4 cm³/mol. The van der Waals surface area contributed by atoms with Gasteiger partial charge in [-0.25, -0.2) is 9.48 Å². The fourth-order valence-electron chi connectivity index (χ4n) is 1.79. The number of thioether (sulfide) groups is 1. The van der Waals surface area contributed by atoms with E-state index >= 15 is 0 Å². The summed E-state index contributed by atoms with van der Waals surface area (Å²) in [6, 6.07) is 0. The number of ether oxygens (including phenoxy) is 2. The number of aliphatic imine (C=N–C) groups is 1. The third-order valence-electron chi connectivity index (χ3n) is 3.20. The summed E-state index contributed by atoms with van der Waals surface area (Å²) in [5, 5.41) is 11.9. The highest BCUT2D eigenvalue weighted by Crippen LogP contribution is 2.19. The third kappa shape index (κ3) is 7.45. The van der Waals surface area contributed by atoms with Gasteiger partial charge in [-0.2, -0.15) is 0 Å². The molecule has 0 aromatic carbocycles.